The molecular weight excluding hydrogens is 318 g/mol. The molecule has 1 amide bonds. The monoisotopic (exact) mass is 339 g/mol. The molecule has 25 heavy (non-hydrogen) atoms. The number of nitro benzene ring substituents is 1. The molecule has 2 aromatic carbocycles. The van der Waals surface area contributed by atoms with Gasteiger partial charge in [0, 0.05) is 43.6 Å². The summed E-state index contributed by atoms with van der Waals surface area (Å²) in [7, 11) is 0. The number of hydrogen-bond acceptors (Lipinski definition) is 4. The average Bonchev–Trinajstić information content (AvgIpc) is 3.02. The number of nitro groups is 1. The summed E-state index contributed by atoms with van der Waals surface area (Å²) < 4.78 is 0. The van der Waals surface area contributed by atoms with E-state index in [0.717, 1.165) is 11.1 Å². The molecule has 6 nitrogen and oxygen atoms in total. The van der Waals surface area contributed by atoms with Crippen LogP contribution in [0.1, 0.15) is 23.5 Å². The van der Waals surface area contributed by atoms with E-state index in [2.05, 4.69) is 0 Å². The number of rotatable bonds is 5. The third kappa shape index (κ3) is 4.03. The summed E-state index contributed by atoms with van der Waals surface area (Å²) in [4.78, 5) is 24.7. The highest BCUT2D eigenvalue weighted by Gasteiger charge is 2.33. The molecule has 1 aliphatic heterocycles. The number of hydrogen-bond donors (Lipinski definition) is 1. The standard InChI is InChI=1S/C19H21N3O3/c20-18-13-21(12-17(18)15-6-2-1-3-7-15)19(23)10-9-14-5-4-8-16(11-14)22(24)25/h1-8,11,17-18H,9-10,12-13,20H2/t17-,18+/m0/s1. The molecule has 2 N–H and O–H groups in total. The molecule has 1 saturated heterocycles. The number of non-ortho nitro benzene ring substituents is 1. The maximum absolute atomic E-state index is 12.5. The number of amides is 1. The second kappa shape index (κ2) is 7.44. The van der Waals surface area contributed by atoms with Gasteiger partial charge in [-0.05, 0) is 17.5 Å². The van der Waals surface area contributed by atoms with Crippen molar-refractivity contribution >= 4 is 11.6 Å². The number of benzene rings is 2. The van der Waals surface area contributed by atoms with Crippen LogP contribution >= 0.6 is 0 Å². The zero-order valence-corrected chi connectivity index (χ0v) is 13.9. The van der Waals surface area contributed by atoms with E-state index in [9.17, 15) is 14.9 Å². The Morgan fingerprint density at radius 2 is 1.92 bits per heavy atom. The Labute approximate surface area is 146 Å². The van der Waals surface area contributed by atoms with Crippen molar-refractivity contribution < 1.29 is 9.72 Å². The highest BCUT2D eigenvalue weighted by Crippen LogP contribution is 2.27. The molecule has 6 heteroatoms. The third-order valence-electron chi connectivity index (χ3n) is 4.69. The summed E-state index contributed by atoms with van der Waals surface area (Å²) in [6.07, 6.45) is 0.817. The smallest absolute Gasteiger partial charge is 0.269 e. The van der Waals surface area contributed by atoms with Gasteiger partial charge in [0.1, 0.15) is 0 Å². The zero-order chi connectivity index (χ0) is 17.8. The lowest BCUT2D eigenvalue weighted by molar-refractivity contribution is -0.384. The normalized spacial score (nSPS) is 19.8. The molecule has 130 valence electrons. The van der Waals surface area contributed by atoms with Gasteiger partial charge in [-0.1, -0.05) is 42.5 Å². The fourth-order valence-electron chi connectivity index (χ4n) is 3.32. The lowest BCUT2D eigenvalue weighted by atomic mass is 9.95. The SMILES string of the molecule is N[C@@H]1CN(C(=O)CCc2cccc([N+](=O)[O-])c2)C[C@H]1c1ccccc1. The van der Waals surface area contributed by atoms with E-state index in [1.54, 1.807) is 11.0 Å². The van der Waals surface area contributed by atoms with Gasteiger partial charge in [-0.25, -0.2) is 0 Å². The molecule has 0 radical (unpaired) electrons. The van der Waals surface area contributed by atoms with Gasteiger partial charge in [-0.15, -0.1) is 0 Å². The molecule has 2 aromatic rings. The second-order valence-corrected chi connectivity index (χ2v) is 6.41. The molecule has 0 aliphatic carbocycles. The summed E-state index contributed by atoms with van der Waals surface area (Å²) in [5.74, 6) is 0.198. The number of nitrogens with two attached hydrogens (primary N) is 1. The first kappa shape index (κ1) is 17.1. The molecule has 1 heterocycles. The maximum atomic E-state index is 12.5. The van der Waals surface area contributed by atoms with Gasteiger partial charge in [0.15, 0.2) is 0 Å². The van der Waals surface area contributed by atoms with Crippen molar-refractivity contribution in [2.45, 2.75) is 24.8 Å². The van der Waals surface area contributed by atoms with Crippen LogP contribution in [0.3, 0.4) is 0 Å². The van der Waals surface area contributed by atoms with Crippen molar-refractivity contribution in [2.75, 3.05) is 13.1 Å². The van der Waals surface area contributed by atoms with Crippen LogP contribution in [-0.4, -0.2) is 34.9 Å². The Morgan fingerprint density at radius 3 is 2.64 bits per heavy atom. The number of aryl methyl sites for hydroxylation is 1. The molecule has 1 fully saturated rings. The maximum Gasteiger partial charge on any atom is 0.269 e. The summed E-state index contributed by atoms with van der Waals surface area (Å²) in [6.45, 7) is 1.17. The zero-order valence-electron chi connectivity index (χ0n) is 13.9. The van der Waals surface area contributed by atoms with Gasteiger partial charge in [0.05, 0.1) is 4.92 Å². The Bertz CT molecular complexity index is 764. The molecule has 0 unspecified atom stereocenters. The van der Waals surface area contributed by atoms with Crippen LogP contribution < -0.4 is 5.73 Å². The summed E-state index contributed by atoms with van der Waals surface area (Å²) in [5.41, 5.74) is 8.24. The molecule has 0 saturated carbocycles. The molecule has 2 atom stereocenters. The van der Waals surface area contributed by atoms with Gasteiger partial charge in [0.2, 0.25) is 5.91 Å². The van der Waals surface area contributed by atoms with Crippen molar-refractivity contribution in [3.63, 3.8) is 0 Å². The number of carbonyl (C=O) groups excluding carboxylic acids is 1. The Hall–Kier alpha value is -2.73. The largest absolute Gasteiger partial charge is 0.340 e. The van der Waals surface area contributed by atoms with E-state index >= 15 is 0 Å². The summed E-state index contributed by atoms with van der Waals surface area (Å²) in [5, 5.41) is 10.8. The molecule has 1 aliphatic rings. The van der Waals surface area contributed by atoms with Crippen molar-refractivity contribution in [3.05, 3.63) is 75.8 Å². The number of likely N-dealkylation sites (tertiary alicyclic amines) is 1. The van der Waals surface area contributed by atoms with Crippen LogP contribution in [0.2, 0.25) is 0 Å². The predicted octanol–water partition coefficient (Wildman–Crippen LogP) is 2.48. The van der Waals surface area contributed by atoms with Crippen LogP contribution in [-0.2, 0) is 11.2 Å². The lowest BCUT2D eigenvalue weighted by Gasteiger charge is -2.16. The molecule has 0 aromatic heterocycles. The molecule has 3 rings (SSSR count). The minimum Gasteiger partial charge on any atom is -0.340 e. The van der Waals surface area contributed by atoms with Gasteiger partial charge in [-0.3, -0.25) is 14.9 Å². The van der Waals surface area contributed by atoms with E-state index in [0.29, 0.717) is 25.9 Å². The Kier molecular flexibility index (Phi) is 5.09. The van der Waals surface area contributed by atoms with Crippen LogP contribution in [0, 0.1) is 10.1 Å². The van der Waals surface area contributed by atoms with Crippen molar-refractivity contribution in [3.8, 4) is 0 Å². The third-order valence-corrected chi connectivity index (χ3v) is 4.69. The molecular formula is C19H21N3O3. The van der Waals surface area contributed by atoms with E-state index < -0.39 is 4.92 Å². The Balaban J connectivity index is 1.59. The first-order valence-electron chi connectivity index (χ1n) is 8.36. The van der Waals surface area contributed by atoms with Crippen LogP contribution in [0.15, 0.2) is 54.6 Å². The quantitative estimate of drug-likeness (QED) is 0.669. The molecule has 0 spiro atoms. The average molecular weight is 339 g/mol. The van der Waals surface area contributed by atoms with Gasteiger partial charge in [0.25, 0.3) is 5.69 Å². The van der Waals surface area contributed by atoms with Gasteiger partial charge < -0.3 is 10.6 Å². The molecule has 0 bridgehead atoms. The minimum absolute atomic E-state index is 0.0420. The van der Waals surface area contributed by atoms with Gasteiger partial charge in [-0.2, -0.15) is 0 Å². The van der Waals surface area contributed by atoms with Crippen molar-refractivity contribution in [1.82, 2.24) is 4.90 Å². The van der Waals surface area contributed by atoms with E-state index in [1.807, 2.05) is 36.4 Å². The highest BCUT2D eigenvalue weighted by atomic mass is 16.6. The van der Waals surface area contributed by atoms with Crippen LogP contribution in [0.4, 0.5) is 5.69 Å². The highest BCUT2D eigenvalue weighted by molar-refractivity contribution is 5.77. The lowest BCUT2D eigenvalue weighted by Crippen LogP contribution is -2.32. The summed E-state index contributed by atoms with van der Waals surface area (Å²) in [6, 6.07) is 16.4. The van der Waals surface area contributed by atoms with Crippen molar-refractivity contribution in [1.29, 1.82) is 0 Å². The van der Waals surface area contributed by atoms with Crippen molar-refractivity contribution in [2.24, 2.45) is 5.73 Å². The minimum atomic E-state index is -0.421. The van der Waals surface area contributed by atoms with Crippen LogP contribution in [0.25, 0.3) is 0 Å². The van der Waals surface area contributed by atoms with E-state index in [-0.39, 0.29) is 23.6 Å². The van der Waals surface area contributed by atoms with Gasteiger partial charge >= 0.3 is 0 Å². The number of carbonyl (C=O) groups is 1. The number of nitrogens with zero attached hydrogens (tertiary/aromatic N) is 2. The first-order chi connectivity index (χ1) is 12.0. The Morgan fingerprint density at radius 1 is 1.16 bits per heavy atom. The second-order valence-electron chi connectivity index (χ2n) is 6.41. The fourth-order valence-corrected chi connectivity index (χ4v) is 3.32. The fraction of sp³-hybridized carbons (Fsp3) is 0.316. The van der Waals surface area contributed by atoms with Crippen LogP contribution in [0.5, 0.6) is 0 Å². The topological polar surface area (TPSA) is 89.5 Å². The predicted molar refractivity (Wildman–Crippen MR) is 95.2 cm³/mol. The first-order valence-corrected chi connectivity index (χ1v) is 8.36. The van der Waals surface area contributed by atoms with E-state index in [4.69, 9.17) is 5.73 Å². The van der Waals surface area contributed by atoms with E-state index in [1.165, 1.54) is 12.1 Å². The summed E-state index contributed by atoms with van der Waals surface area (Å²) >= 11 is 0.